The Bertz CT molecular complexity index is 429. The van der Waals surface area contributed by atoms with E-state index < -0.39 is 0 Å². The Kier molecular flexibility index (Phi) is 7.59. The average Bonchev–Trinajstić information content (AvgIpc) is 2.58. The zero-order chi connectivity index (χ0) is 17.5. The van der Waals surface area contributed by atoms with Crippen molar-refractivity contribution in [2.24, 2.45) is 0 Å². The minimum atomic E-state index is 0.445. The van der Waals surface area contributed by atoms with Gasteiger partial charge >= 0.3 is 0 Å². The summed E-state index contributed by atoms with van der Waals surface area (Å²) in [6.07, 6.45) is 11.5. The van der Waals surface area contributed by atoms with Gasteiger partial charge < -0.3 is 25.3 Å². The van der Waals surface area contributed by atoms with Crippen LogP contribution in [0.1, 0.15) is 25.7 Å². The fourth-order valence-corrected chi connectivity index (χ4v) is 3.55. The molecule has 24 heavy (non-hydrogen) atoms. The van der Waals surface area contributed by atoms with Crippen molar-refractivity contribution in [3.8, 4) is 0 Å². The van der Waals surface area contributed by atoms with Crippen LogP contribution in [-0.4, -0.2) is 87.7 Å². The minimum Gasteiger partial charge on any atom is -0.384 e. The van der Waals surface area contributed by atoms with Crippen molar-refractivity contribution >= 4 is 0 Å². The fraction of sp³-hybridized carbons (Fsp3) is 0.789. The summed E-state index contributed by atoms with van der Waals surface area (Å²) in [5.74, 6) is 0. The van der Waals surface area contributed by atoms with E-state index in [0.29, 0.717) is 12.1 Å². The molecule has 2 N–H and O–H groups in total. The molecule has 0 aromatic carbocycles. The SMILES string of the molecule is CN(CCC1C=C(N(C)C)C=CN1)CCC1CC(N(C)C)CCN1. The van der Waals surface area contributed by atoms with E-state index >= 15 is 0 Å². The summed E-state index contributed by atoms with van der Waals surface area (Å²) in [6.45, 7) is 3.46. The van der Waals surface area contributed by atoms with Crippen molar-refractivity contribution in [1.82, 2.24) is 25.3 Å². The van der Waals surface area contributed by atoms with Crippen molar-refractivity contribution in [1.29, 1.82) is 0 Å². The van der Waals surface area contributed by atoms with Crippen LogP contribution in [0.5, 0.6) is 0 Å². The van der Waals surface area contributed by atoms with Crippen LogP contribution in [0.2, 0.25) is 0 Å². The molecule has 1 fully saturated rings. The lowest BCUT2D eigenvalue weighted by Gasteiger charge is -2.35. The number of hydrogen-bond acceptors (Lipinski definition) is 5. The summed E-state index contributed by atoms with van der Waals surface area (Å²) >= 11 is 0. The molecule has 0 aromatic heterocycles. The first-order valence-corrected chi connectivity index (χ1v) is 9.36. The number of allylic oxidation sites excluding steroid dienone is 1. The third-order valence-electron chi connectivity index (χ3n) is 5.33. The van der Waals surface area contributed by atoms with Gasteiger partial charge in [-0.3, -0.25) is 0 Å². The standard InChI is InChI=1S/C19H37N5/c1-22(2)18-6-10-20-16(14-18)8-12-24(5)13-9-17-15-19(23(3)4)7-11-21-17/h6,10,14,16-17,19-21H,7-9,11-13,15H2,1-5H3. The smallest absolute Gasteiger partial charge is 0.0473 e. The predicted octanol–water partition coefficient (Wildman–Crippen LogP) is 1.31. The van der Waals surface area contributed by atoms with Gasteiger partial charge in [-0.25, -0.2) is 0 Å². The number of nitrogens with one attached hydrogen (secondary N) is 2. The quantitative estimate of drug-likeness (QED) is 0.699. The van der Waals surface area contributed by atoms with Gasteiger partial charge in [0.25, 0.3) is 0 Å². The molecule has 2 aliphatic heterocycles. The van der Waals surface area contributed by atoms with Gasteiger partial charge in [0, 0.05) is 44.5 Å². The number of rotatable bonds is 8. The molecule has 5 nitrogen and oxygen atoms in total. The van der Waals surface area contributed by atoms with Crippen LogP contribution < -0.4 is 10.6 Å². The largest absolute Gasteiger partial charge is 0.384 e. The lowest BCUT2D eigenvalue weighted by Crippen LogP contribution is -2.46. The molecule has 1 saturated heterocycles. The second kappa shape index (κ2) is 9.44. The third kappa shape index (κ3) is 6.11. The van der Waals surface area contributed by atoms with Crippen LogP contribution in [0.25, 0.3) is 0 Å². The summed E-state index contributed by atoms with van der Waals surface area (Å²) in [7, 11) is 10.9. The fourth-order valence-electron chi connectivity index (χ4n) is 3.55. The van der Waals surface area contributed by atoms with Gasteiger partial charge in [-0.15, -0.1) is 0 Å². The molecule has 2 aliphatic rings. The normalized spacial score (nSPS) is 27.3. The van der Waals surface area contributed by atoms with E-state index in [2.05, 4.69) is 78.9 Å². The summed E-state index contributed by atoms with van der Waals surface area (Å²) < 4.78 is 0. The molecular formula is C19H37N5. The molecular weight excluding hydrogens is 298 g/mol. The van der Waals surface area contributed by atoms with Crippen molar-refractivity contribution in [2.75, 3.05) is 54.9 Å². The first-order valence-electron chi connectivity index (χ1n) is 9.36. The number of nitrogens with zero attached hydrogens (tertiary/aromatic N) is 3. The molecule has 0 bridgehead atoms. The predicted molar refractivity (Wildman–Crippen MR) is 103 cm³/mol. The molecule has 2 rings (SSSR count). The Labute approximate surface area is 148 Å². The monoisotopic (exact) mass is 335 g/mol. The molecule has 0 spiro atoms. The highest BCUT2D eigenvalue weighted by Gasteiger charge is 2.22. The van der Waals surface area contributed by atoms with Gasteiger partial charge in [-0.1, -0.05) is 0 Å². The molecule has 0 aliphatic carbocycles. The van der Waals surface area contributed by atoms with Crippen LogP contribution >= 0.6 is 0 Å². The van der Waals surface area contributed by atoms with Crippen LogP contribution in [0.3, 0.4) is 0 Å². The molecule has 3 unspecified atom stereocenters. The molecule has 3 atom stereocenters. The molecule has 2 heterocycles. The van der Waals surface area contributed by atoms with Crippen LogP contribution in [0.15, 0.2) is 24.0 Å². The van der Waals surface area contributed by atoms with Gasteiger partial charge in [-0.2, -0.15) is 0 Å². The molecule has 138 valence electrons. The highest BCUT2D eigenvalue weighted by atomic mass is 15.1. The zero-order valence-electron chi connectivity index (χ0n) is 16.3. The Morgan fingerprint density at radius 2 is 1.83 bits per heavy atom. The van der Waals surface area contributed by atoms with Gasteiger partial charge in [0.1, 0.15) is 0 Å². The topological polar surface area (TPSA) is 33.8 Å². The molecule has 0 saturated carbocycles. The maximum atomic E-state index is 3.69. The second-order valence-corrected chi connectivity index (χ2v) is 7.77. The lowest BCUT2D eigenvalue weighted by molar-refractivity contribution is 0.191. The van der Waals surface area contributed by atoms with E-state index in [1.807, 2.05) is 0 Å². The number of piperidine rings is 1. The second-order valence-electron chi connectivity index (χ2n) is 7.77. The van der Waals surface area contributed by atoms with Crippen LogP contribution in [0.4, 0.5) is 0 Å². The highest BCUT2D eigenvalue weighted by molar-refractivity contribution is 5.23. The van der Waals surface area contributed by atoms with E-state index in [1.165, 1.54) is 31.5 Å². The van der Waals surface area contributed by atoms with Gasteiger partial charge in [0.2, 0.25) is 0 Å². The molecule has 0 radical (unpaired) electrons. The zero-order valence-corrected chi connectivity index (χ0v) is 16.3. The summed E-state index contributed by atoms with van der Waals surface area (Å²) in [5.41, 5.74) is 1.29. The van der Waals surface area contributed by atoms with E-state index in [9.17, 15) is 0 Å². The number of likely N-dealkylation sites (N-methyl/N-ethyl adjacent to an activating group) is 1. The van der Waals surface area contributed by atoms with E-state index in [1.54, 1.807) is 0 Å². The Hall–Kier alpha value is -1.04. The van der Waals surface area contributed by atoms with Crippen molar-refractivity contribution < 1.29 is 0 Å². The third-order valence-corrected chi connectivity index (χ3v) is 5.33. The maximum absolute atomic E-state index is 3.69. The first-order chi connectivity index (χ1) is 11.5. The van der Waals surface area contributed by atoms with E-state index in [0.717, 1.165) is 25.6 Å². The minimum absolute atomic E-state index is 0.445. The Morgan fingerprint density at radius 1 is 1.08 bits per heavy atom. The molecule has 0 amide bonds. The summed E-state index contributed by atoms with van der Waals surface area (Å²) in [4.78, 5) is 7.03. The van der Waals surface area contributed by atoms with Crippen molar-refractivity contribution in [3.63, 3.8) is 0 Å². The molecule has 5 heteroatoms. The van der Waals surface area contributed by atoms with Gasteiger partial charge in [0.15, 0.2) is 0 Å². The van der Waals surface area contributed by atoms with Gasteiger partial charge in [-0.05, 0) is 78.3 Å². The van der Waals surface area contributed by atoms with E-state index in [-0.39, 0.29) is 0 Å². The maximum Gasteiger partial charge on any atom is 0.0473 e. The average molecular weight is 336 g/mol. The van der Waals surface area contributed by atoms with Gasteiger partial charge in [0.05, 0.1) is 0 Å². The van der Waals surface area contributed by atoms with Crippen molar-refractivity contribution in [2.45, 2.75) is 43.8 Å². The van der Waals surface area contributed by atoms with Crippen molar-refractivity contribution in [3.05, 3.63) is 24.0 Å². The first kappa shape index (κ1) is 19.3. The summed E-state index contributed by atoms with van der Waals surface area (Å²) in [5, 5.41) is 7.15. The molecule has 0 aromatic rings. The van der Waals surface area contributed by atoms with Crippen LogP contribution in [-0.2, 0) is 0 Å². The number of dihydropyridines is 1. The summed E-state index contributed by atoms with van der Waals surface area (Å²) in [6, 6.07) is 1.86. The van der Waals surface area contributed by atoms with E-state index in [4.69, 9.17) is 0 Å². The highest BCUT2D eigenvalue weighted by Crippen LogP contribution is 2.16. The van der Waals surface area contributed by atoms with Crippen LogP contribution in [0, 0.1) is 0 Å². The number of hydrogen-bond donors (Lipinski definition) is 2. The lowest BCUT2D eigenvalue weighted by atomic mass is 9.96. The Morgan fingerprint density at radius 3 is 2.54 bits per heavy atom. The Balaban J connectivity index is 1.66.